The SMILES string of the molecule is CC(C)C1CCC(C)C23CCC(C)(O2)C(O)C13. The molecule has 1 saturated carbocycles. The van der Waals surface area contributed by atoms with Crippen LogP contribution in [0.3, 0.4) is 0 Å². The number of aliphatic hydroxyl groups excluding tert-OH is 1. The summed E-state index contributed by atoms with van der Waals surface area (Å²) < 4.78 is 6.41. The predicted octanol–water partition coefficient (Wildman–Crippen LogP) is 2.99. The molecule has 2 nitrogen and oxygen atoms in total. The van der Waals surface area contributed by atoms with Crippen molar-refractivity contribution in [2.75, 3.05) is 0 Å². The van der Waals surface area contributed by atoms with E-state index in [9.17, 15) is 5.11 Å². The lowest BCUT2D eigenvalue weighted by atomic mass is 9.56. The van der Waals surface area contributed by atoms with Crippen LogP contribution in [0.15, 0.2) is 0 Å². The van der Waals surface area contributed by atoms with Crippen molar-refractivity contribution in [1.29, 1.82) is 0 Å². The second-order valence-electron chi connectivity index (χ2n) is 7.23. The molecule has 2 aliphatic heterocycles. The molecule has 98 valence electrons. The Morgan fingerprint density at radius 1 is 1.24 bits per heavy atom. The van der Waals surface area contributed by atoms with Crippen molar-refractivity contribution in [3.8, 4) is 0 Å². The van der Waals surface area contributed by atoms with Crippen molar-refractivity contribution in [3.05, 3.63) is 0 Å². The van der Waals surface area contributed by atoms with Gasteiger partial charge in [0, 0.05) is 5.92 Å². The lowest BCUT2D eigenvalue weighted by Gasteiger charge is -2.49. The second kappa shape index (κ2) is 3.48. The molecule has 3 rings (SSSR count). The Kier molecular flexibility index (Phi) is 2.45. The van der Waals surface area contributed by atoms with E-state index >= 15 is 0 Å². The standard InChI is InChI=1S/C15H26O2/c1-9(2)11-6-5-10(3)15-8-7-14(4,17-15)13(16)12(11)15/h9-13,16H,5-8H2,1-4H3. The van der Waals surface area contributed by atoms with E-state index in [1.165, 1.54) is 12.8 Å². The van der Waals surface area contributed by atoms with Gasteiger partial charge in [0.1, 0.15) is 0 Å². The fraction of sp³-hybridized carbons (Fsp3) is 1.00. The summed E-state index contributed by atoms with van der Waals surface area (Å²) in [5.74, 6) is 2.29. The van der Waals surface area contributed by atoms with E-state index in [4.69, 9.17) is 4.74 Å². The summed E-state index contributed by atoms with van der Waals surface area (Å²) in [4.78, 5) is 0. The van der Waals surface area contributed by atoms with E-state index in [0.717, 1.165) is 12.8 Å². The predicted molar refractivity (Wildman–Crippen MR) is 67.7 cm³/mol. The average molecular weight is 238 g/mol. The van der Waals surface area contributed by atoms with Gasteiger partial charge in [-0.05, 0) is 50.4 Å². The van der Waals surface area contributed by atoms with Gasteiger partial charge in [-0.25, -0.2) is 0 Å². The first kappa shape index (κ1) is 12.0. The van der Waals surface area contributed by atoms with Gasteiger partial charge < -0.3 is 9.84 Å². The molecule has 2 bridgehead atoms. The zero-order valence-corrected chi connectivity index (χ0v) is 11.6. The Labute approximate surface area is 105 Å². The highest BCUT2D eigenvalue weighted by Crippen LogP contribution is 2.63. The number of aliphatic hydroxyl groups is 1. The first-order valence-electron chi connectivity index (χ1n) is 7.29. The number of ether oxygens (including phenoxy) is 1. The van der Waals surface area contributed by atoms with Gasteiger partial charge in [0.15, 0.2) is 0 Å². The minimum absolute atomic E-state index is 0.00134. The van der Waals surface area contributed by atoms with Gasteiger partial charge in [-0.3, -0.25) is 0 Å². The first-order chi connectivity index (χ1) is 7.91. The molecular weight excluding hydrogens is 212 g/mol. The van der Waals surface area contributed by atoms with E-state index in [0.29, 0.717) is 23.7 Å². The van der Waals surface area contributed by atoms with Crippen LogP contribution in [0.4, 0.5) is 0 Å². The van der Waals surface area contributed by atoms with Crippen molar-refractivity contribution in [2.45, 2.75) is 70.7 Å². The minimum Gasteiger partial charge on any atom is -0.390 e. The molecular formula is C15H26O2. The van der Waals surface area contributed by atoms with Gasteiger partial charge in [-0.15, -0.1) is 0 Å². The molecule has 0 radical (unpaired) electrons. The van der Waals surface area contributed by atoms with Gasteiger partial charge in [-0.2, -0.15) is 0 Å². The third kappa shape index (κ3) is 1.34. The van der Waals surface area contributed by atoms with Crippen LogP contribution in [0.25, 0.3) is 0 Å². The summed E-state index contributed by atoms with van der Waals surface area (Å²) in [5, 5.41) is 10.7. The van der Waals surface area contributed by atoms with E-state index in [-0.39, 0.29) is 17.3 Å². The smallest absolute Gasteiger partial charge is 0.0925 e. The molecule has 0 aromatic rings. The van der Waals surface area contributed by atoms with E-state index in [2.05, 4.69) is 27.7 Å². The van der Waals surface area contributed by atoms with Crippen LogP contribution in [-0.2, 0) is 4.74 Å². The molecule has 3 fully saturated rings. The van der Waals surface area contributed by atoms with Gasteiger partial charge in [0.05, 0.1) is 17.3 Å². The van der Waals surface area contributed by atoms with Crippen LogP contribution in [0.1, 0.15) is 53.4 Å². The fourth-order valence-corrected chi connectivity index (χ4v) is 4.96. The Morgan fingerprint density at radius 3 is 2.59 bits per heavy atom. The normalized spacial score (nSPS) is 57.5. The Bertz CT molecular complexity index is 327. The molecule has 0 aromatic carbocycles. The van der Waals surface area contributed by atoms with Crippen molar-refractivity contribution < 1.29 is 9.84 Å². The van der Waals surface area contributed by atoms with Gasteiger partial charge >= 0.3 is 0 Å². The van der Waals surface area contributed by atoms with Gasteiger partial charge in [-0.1, -0.05) is 20.8 Å². The number of fused-ring (bicyclic) bond motifs is 1. The molecule has 6 unspecified atom stereocenters. The summed E-state index contributed by atoms with van der Waals surface area (Å²) in [5.41, 5.74) is -0.252. The van der Waals surface area contributed by atoms with Gasteiger partial charge in [0.2, 0.25) is 0 Å². The van der Waals surface area contributed by atoms with Crippen LogP contribution in [0, 0.1) is 23.7 Å². The monoisotopic (exact) mass is 238 g/mol. The molecule has 1 N–H and O–H groups in total. The maximum atomic E-state index is 10.7. The molecule has 1 aliphatic carbocycles. The van der Waals surface area contributed by atoms with Crippen molar-refractivity contribution in [2.24, 2.45) is 23.7 Å². The third-order valence-corrected chi connectivity index (χ3v) is 6.05. The molecule has 2 saturated heterocycles. The molecule has 3 aliphatic rings. The van der Waals surface area contributed by atoms with Crippen molar-refractivity contribution in [3.63, 3.8) is 0 Å². The first-order valence-corrected chi connectivity index (χ1v) is 7.29. The highest BCUT2D eigenvalue weighted by atomic mass is 16.6. The van der Waals surface area contributed by atoms with Crippen LogP contribution < -0.4 is 0 Å². The van der Waals surface area contributed by atoms with Crippen LogP contribution >= 0.6 is 0 Å². The van der Waals surface area contributed by atoms with Crippen LogP contribution in [0.2, 0.25) is 0 Å². The highest BCUT2D eigenvalue weighted by Gasteiger charge is 2.69. The molecule has 17 heavy (non-hydrogen) atoms. The summed E-state index contributed by atoms with van der Waals surface area (Å²) in [6.07, 6.45) is 4.49. The van der Waals surface area contributed by atoms with E-state index in [1.54, 1.807) is 0 Å². The van der Waals surface area contributed by atoms with Crippen LogP contribution in [0.5, 0.6) is 0 Å². The number of hydrogen-bond donors (Lipinski definition) is 1. The van der Waals surface area contributed by atoms with Crippen molar-refractivity contribution in [1.82, 2.24) is 0 Å². The summed E-state index contributed by atoms with van der Waals surface area (Å²) in [6.45, 7) is 9.05. The molecule has 1 spiro atoms. The quantitative estimate of drug-likeness (QED) is 0.761. The molecule has 6 atom stereocenters. The maximum Gasteiger partial charge on any atom is 0.0925 e. The minimum atomic E-state index is -0.254. The molecule has 0 aromatic heterocycles. The maximum absolute atomic E-state index is 10.7. The Balaban J connectivity index is 2.01. The Morgan fingerprint density at radius 2 is 1.94 bits per heavy atom. The lowest BCUT2D eigenvalue weighted by molar-refractivity contribution is -0.112. The summed E-state index contributed by atoms with van der Waals surface area (Å²) >= 11 is 0. The zero-order valence-electron chi connectivity index (χ0n) is 11.6. The van der Waals surface area contributed by atoms with E-state index < -0.39 is 0 Å². The molecule has 0 amide bonds. The number of hydrogen-bond acceptors (Lipinski definition) is 2. The Hall–Kier alpha value is -0.0800. The average Bonchev–Trinajstić information content (AvgIpc) is 2.71. The third-order valence-electron chi connectivity index (χ3n) is 6.05. The lowest BCUT2D eigenvalue weighted by Crippen LogP contribution is -2.54. The zero-order chi connectivity index (χ0) is 12.4. The van der Waals surface area contributed by atoms with Crippen LogP contribution in [-0.4, -0.2) is 22.4 Å². The molecule has 2 heteroatoms. The summed E-state index contributed by atoms with van der Waals surface area (Å²) in [6, 6.07) is 0. The van der Waals surface area contributed by atoms with E-state index in [1.807, 2.05) is 0 Å². The fourth-order valence-electron chi connectivity index (χ4n) is 4.96. The van der Waals surface area contributed by atoms with Crippen molar-refractivity contribution >= 4 is 0 Å². The second-order valence-corrected chi connectivity index (χ2v) is 7.23. The largest absolute Gasteiger partial charge is 0.390 e. The van der Waals surface area contributed by atoms with Gasteiger partial charge in [0.25, 0.3) is 0 Å². The number of rotatable bonds is 1. The summed E-state index contributed by atoms with van der Waals surface area (Å²) in [7, 11) is 0. The molecule has 2 heterocycles. The highest BCUT2D eigenvalue weighted by molar-refractivity contribution is 5.17. The topological polar surface area (TPSA) is 29.5 Å².